The zero-order chi connectivity index (χ0) is 45.0. The van der Waals surface area contributed by atoms with Gasteiger partial charge in [0.05, 0.1) is 6.61 Å². The van der Waals surface area contributed by atoms with Crippen molar-refractivity contribution in [2.24, 2.45) is 0 Å². The number of hydrogen-bond donors (Lipinski definition) is 6. The standard InChI is InChI=1S/C47H89O13P/c1-3-5-7-9-11-13-15-17-18-19-20-21-22-24-25-27-29-31-33-35-40(48)57-37-39(38-58-61(55,56)60-47-45(53)43(51)42(50)44(52)46(47)54)59-41(49)36-34-32-30-28-26-23-16-14-12-10-8-6-4-2/h14,16,39,42-47,50-54H,3-13,15,17-38H2,1-2H3,(H,55,56)/b16-14+/t39-,42?,43-,44?,45?,46?,47?/m0/s1. The zero-order valence-electron chi connectivity index (χ0n) is 38.2. The number of allylic oxidation sites excluding steroid dienone is 2. The highest BCUT2D eigenvalue weighted by atomic mass is 31.2. The first kappa shape index (κ1) is 57.6. The highest BCUT2D eigenvalue weighted by Crippen LogP contribution is 2.47. The van der Waals surface area contributed by atoms with E-state index in [0.717, 1.165) is 57.8 Å². The molecule has 0 aromatic carbocycles. The molecule has 0 aromatic heterocycles. The minimum Gasteiger partial charge on any atom is -0.462 e. The number of phosphoric ester groups is 1. The number of aliphatic hydroxyl groups excluding tert-OH is 5. The van der Waals surface area contributed by atoms with Gasteiger partial charge < -0.3 is 39.9 Å². The fraction of sp³-hybridized carbons (Fsp3) is 0.915. The van der Waals surface area contributed by atoms with Crippen LogP contribution in [0.25, 0.3) is 0 Å². The molecule has 0 heterocycles. The van der Waals surface area contributed by atoms with Gasteiger partial charge in [0.2, 0.25) is 0 Å². The monoisotopic (exact) mass is 893 g/mol. The third kappa shape index (κ3) is 30.4. The van der Waals surface area contributed by atoms with Gasteiger partial charge in [-0.3, -0.25) is 18.6 Å². The van der Waals surface area contributed by atoms with E-state index in [0.29, 0.717) is 12.8 Å². The van der Waals surface area contributed by atoms with E-state index in [-0.39, 0.29) is 12.8 Å². The summed E-state index contributed by atoms with van der Waals surface area (Å²) in [5.41, 5.74) is 0. The van der Waals surface area contributed by atoms with Gasteiger partial charge in [-0.05, 0) is 38.5 Å². The van der Waals surface area contributed by atoms with Gasteiger partial charge >= 0.3 is 19.8 Å². The molecule has 0 radical (unpaired) electrons. The van der Waals surface area contributed by atoms with E-state index >= 15 is 0 Å². The number of phosphoric acid groups is 1. The number of ether oxygens (including phenoxy) is 2. The Balaban J connectivity index is 2.39. The van der Waals surface area contributed by atoms with Crippen molar-refractivity contribution in [3.63, 3.8) is 0 Å². The molecule has 0 amide bonds. The summed E-state index contributed by atoms with van der Waals surface area (Å²) in [6.07, 6.45) is 27.0. The second kappa shape index (κ2) is 37.9. The molecule has 14 heteroatoms. The van der Waals surface area contributed by atoms with E-state index in [2.05, 4.69) is 26.0 Å². The maximum Gasteiger partial charge on any atom is 0.472 e. The van der Waals surface area contributed by atoms with E-state index < -0.39 is 75.7 Å². The normalized spacial score (nSPS) is 22.0. The molecule has 0 bridgehead atoms. The van der Waals surface area contributed by atoms with E-state index in [1.54, 1.807) is 0 Å². The molecule has 8 atom stereocenters. The molecule has 1 rings (SSSR count). The van der Waals surface area contributed by atoms with Crippen molar-refractivity contribution < 1.29 is 63.1 Å². The van der Waals surface area contributed by atoms with Gasteiger partial charge in [-0.1, -0.05) is 180 Å². The van der Waals surface area contributed by atoms with Gasteiger partial charge in [-0.25, -0.2) is 4.57 Å². The molecule has 1 aliphatic rings. The van der Waals surface area contributed by atoms with Crippen molar-refractivity contribution in [1.29, 1.82) is 0 Å². The van der Waals surface area contributed by atoms with Crippen LogP contribution in [-0.2, 0) is 32.7 Å². The number of esters is 2. The first-order chi connectivity index (χ1) is 29.4. The molecule has 61 heavy (non-hydrogen) atoms. The Kier molecular flexibility index (Phi) is 35.8. The Bertz CT molecular complexity index is 1120. The van der Waals surface area contributed by atoms with Crippen LogP contribution in [0.5, 0.6) is 0 Å². The maximum absolute atomic E-state index is 12.8. The Hall–Kier alpha value is -1.41. The van der Waals surface area contributed by atoms with E-state index in [9.17, 15) is 44.6 Å². The Morgan fingerprint density at radius 3 is 1.26 bits per heavy atom. The summed E-state index contributed by atoms with van der Waals surface area (Å²) in [6.45, 7) is 3.30. The number of aliphatic hydroxyl groups is 5. The Labute approximate surface area is 369 Å². The summed E-state index contributed by atoms with van der Waals surface area (Å²) in [7, 11) is -5.11. The fourth-order valence-corrected chi connectivity index (χ4v) is 8.61. The van der Waals surface area contributed by atoms with Crippen molar-refractivity contribution in [3.8, 4) is 0 Å². The number of rotatable bonds is 41. The van der Waals surface area contributed by atoms with Crippen LogP contribution in [0.1, 0.15) is 219 Å². The van der Waals surface area contributed by atoms with E-state index in [1.807, 2.05) is 0 Å². The molecular weight excluding hydrogens is 803 g/mol. The van der Waals surface area contributed by atoms with Gasteiger partial charge in [0.1, 0.15) is 43.2 Å². The summed E-state index contributed by atoms with van der Waals surface area (Å²) < 4.78 is 33.6. The van der Waals surface area contributed by atoms with E-state index in [1.165, 1.54) is 122 Å². The average molecular weight is 893 g/mol. The summed E-state index contributed by atoms with van der Waals surface area (Å²) in [6, 6.07) is 0. The molecule has 13 nitrogen and oxygen atoms in total. The highest BCUT2D eigenvalue weighted by molar-refractivity contribution is 7.47. The van der Waals surface area contributed by atoms with Gasteiger partial charge in [-0.15, -0.1) is 0 Å². The van der Waals surface area contributed by atoms with Crippen LogP contribution in [0.4, 0.5) is 0 Å². The first-order valence-electron chi connectivity index (χ1n) is 24.5. The molecular formula is C47H89O13P. The molecule has 1 aliphatic carbocycles. The Morgan fingerprint density at radius 1 is 0.492 bits per heavy atom. The first-order valence-corrected chi connectivity index (χ1v) is 26.0. The number of carbonyl (C=O) groups excluding carboxylic acids is 2. The van der Waals surface area contributed by atoms with Crippen molar-refractivity contribution in [2.75, 3.05) is 13.2 Å². The van der Waals surface area contributed by atoms with E-state index in [4.69, 9.17) is 18.5 Å². The fourth-order valence-electron chi connectivity index (χ4n) is 7.64. The van der Waals surface area contributed by atoms with Crippen LogP contribution in [0.15, 0.2) is 12.2 Å². The van der Waals surface area contributed by atoms with Crippen LogP contribution in [0.3, 0.4) is 0 Å². The highest BCUT2D eigenvalue weighted by Gasteiger charge is 2.51. The third-order valence-electron chi connectivity index (χ3n) is 11.6. The largest absolute Gasteiger partial charge is 0.472 e. The zero-order valence-corrected chi connectivity index (χ0v) is 39.1. The van der Waals surface area contributed by atoms with Gasteiger partial charge in [0, 0.05) is 12.8 Å². The third-order valence-corrected chi connectivity index (χ3v) is 12.6. The van der Waals surface area contributed by atoms with Crippen LogP contribution in [0.2, 0.25) is 0 Å². The lowest BCUT2D eigenvalue weighted by Crippen LogP contribution is -2.64. The molecule has 0 aliphatic heterocycles. The SMILES string of the molecule is CCCCCC/C=C/CCCCCCCC(=O)O[C@@H](COC(=O)CCCCCCCCCCCCCCCCCCCCC)COP(=O)(O)OC1C(O)C(O)C(O)[C@H](O)C1O. The second-order valence-electron chi connectivity index (χ2n) is 17.3. The maximum atomic E-state index is 12.8. The van der Waals surface area contributed by atoms with Gasteiger partial charge in [0.15, 0.2) is 6.10 Å². The molecule has 0 spiro atoms. The summed E-state index contributed by atoms with van der Waals surface area (Å²) >= 11 is 0. The molecule has 6 unspecified atom stereocenters. The lowest BCUT2D eigenvalue weighted by atomic mass is 9.85. The smallest absolute Gasteiger partial charge is 0.462 e. The molecule has 1 fully saturated rings. The van der Waals surface area contributed by atoms with Gasteiger partial charge in [-0.2, -0.15) is 0 Å². The van der Waals surface area contributed by atoms with Crippen LogP contribution >= 0.6 is 7.82 Å². The predicted octanol–water partition coefficient (Wildman–Crippen LogP) is 9.84. The van der Waals surface area contributed by atoms with Crippen LogP contribution in [0, 0.1) is 0 Å². The van der Waals surface area contributed by atoms with Crippen LogP contribution in [-0.4, -0.2) is 98.3 Å². The molecule has 6 N–H and O–H groups in total. The molecule has 360 valence electrons. The summed E-state index contributed by atoms with van der Waals surface area (Å²) in [5.74, 6) is -1.10. The minimum atomic E-state index is -5.11. The van der Waals surface area contributed by atoms with Crippen molar-refractivity contribution in [1.82, 2.24) is 0 Å². The molecule has 1 saturated carbocycles. The average Bonchev–Trinajstić information content (AvgIpc) is 3.24. The lowest BCUT2D eigenvalue weighted by molar-refractivity contribution is -0.220. The number of carbonyl (C=O) groups is 2. The second-order valence-corrected chi connectivity index (χ2v) is 18.7. The van der Waals surface area contributed by atoms with Crippen molar-refractivity contribution >= 4 is 19.8 Å². The predicted molar refractivity (Wildman–Crippen MR) is 240 cm³/mol. The Morgan fingerprint density at radius 2 is 0.836 bits per heavy atom. The van der Waals surface area contributed by atoms with Crippen LogP contribution < -0.4 is 0 Å². The minimum absolute atomic E-state index is 0.0906. The summed E-state index contributed by atoms with van der Waals surface area (Å²) in [4.78, 5) is 35.7. The topological polar surface area (TPSA) is 210 Å². The molecule has 0 aromatic rings. The quantitative estimate of drug-likeness (QED) is 0.0146. The molecule has 0 saturated heterocycles. The summed E-state index contributed by atoms with van der Waals surface area (Å²) in [5, 5.41) is 50.2. The number of hydrogen-bond acceptors (Lipinski definition) is 12. The number of unbranched alkanes of at least 4 members (excludes halogenated alkanes) is 27. The van der Waals surface area contributed by atoms with Gasteiger partial charge in [0.25, 0.3) is 0 Å². The lowest BCUT2D eigenvalue weighted by Gasteiger charge is -2.41. The van der Waals surface area contributed by atoms with Crippen molar-refractivity contribution in [3.05, 3.63) is 12.2 Å². The van der Waals surface area contributed by atoms with Crippen molar-refractivity contribution in [2.45, 2.75) is 262 Å².